The van der Waals surface area contributed by atoms with Crippen molar-refractivity contribution in [2.45, 2.75) is 25.8 Å². The summed E-state index contributed by atoms with van der Waals surface area (Å²) in [7, 11) is 1.78. The molecule has 0 saturated heterocycles. The third-order valence-electron chi connectivity index (χ3n) is 3.08. The second-order valence-electron chi connectivity index (χ2n) is 4.31. The molecule has 1 aromatic heterocycles. The first kappa shape index (κ1) is 11.0. The van der Waals surface area contributed by atoms with Crippen molar-refractivity contribution in [3.05, 3.63) is 16.6 Å². The summed E-state index contributed by atoms with van der Waals surface area (Å²) in [5, 5.41) is 3.51. The van der Waals surface area contributed by atoms with Crippen LogP contribution in [-0.2, 0) is 11.3 Å². The van der Waals surface area contributed by atoms with Gasteiger partial charge in [-0.05, 0) is 24.7 Å². The summed E-state index contributed by atoms with van der Waals surface area (Å²) in [5.41, 5.74) is 2.43. The molecule has 1 saturated carbocycles. The molecule has 0 atom stereocenters. The number of rotatable bonds is 7. The van der Waals surface area contributed by atoms with Crippen molar-refractivity contribution >= 4 is 11.3 Å². The average molecular weight is 226 g/mol. The molecular formula is C11H18N2OS. The van der Waals surface area contributed by atoms with Crippen LogP contribution in [0.4, 0.5) is 0 Å². The van der Waals surface area contributed by atoms with E-state index < -0.39 is 0 Å². The van der Waals surface area contributed by atoms with Gasteiger partial charge in [-0.1, -0.05) is 0 Å². The Hall–Kier alpha value is -0.450. The van der Waals surface area contributed by atoms with E-state index in [-0.39, 0.29) is 0 Å². The second kappa shape index (κ2) is 5.05. The second-order valence-corrected chi connectivity index (χ2v) is 5.28. The first-order valence-electron chi connectivity index (χ1n) is 5.42. The molecule has 2 rings (SSSR count). The van der Waals surface area contributed by atoms with Crippen LogP contribution >= 0.6 is 11.3 Å². The summed E-state index contributed by atoms with van der Waals surface area (Å²) in [4.78, 5) is 5.38. The Morgan fingerprint density at radius 1 is 1.60 bits per heavy atom. The van der Waals surface area contributed by atoms with Crippen molar-refractivity contribution in [1.82, 2.24) is 10.3 Å². The number of nitrogens with zero attached hydrogens (tertiary/aromatic N) is 1. The smallest absolute Gasteiger partial charge is 0.0794 e. The van der Waals surface area contributed by atoms with Crippen LogP contribution < -0.4 is 5.32 Å². The fraction of sp³-hybridized carbons (Fsp3) is 0.727. The van der Waals surface area contributed by atoms with Crippen LogP contribution in [0.2, 0.25) is 0 Å². The fourth-order valence-corrected chi connectivity index (χ4v) is 2.36. The van der Waals surface area contributed by atoms with E-state index in [1.54, 1.807) is 18.4 Å². The van der Waals surface area contributed by atoms with Gasteiger partial charge in [-0.3, -0.25) is 4.98 Å². The maximum atomic E-state index is 5.13. The molecule has 0 radical (unpaired) electrons. The number of nitrogens with one attached hydrogen (secondary N) is 1. The van der Waals surface area contributed by atoms with Crippen molar-refractivity contribution in [3.8, 4) is 0 Å². The summed E-state index contributed by atoms with van der Waals surface area (Å²) >= 11 is 1.71. The van der Waals surface area contributed by atoms with Crippen molar-refractivity contribution in [2.24, 2.45) is 5.41 Å². The van der Waals surface area contributed by atoms with Crippen LogP contribution in [0.1, 0.15) is 24.1 Å². The van der Waals surface area contributed by atoms with Crippen LogP contribution in [0.25, 0.3) is 0 Å². The summed E-state index contributed by atoms with van der Waals surface area (Å²) in [6.07, 6.45) is 5.84. The Bertz CT molecular complexity index is 283. The normalized spacial score (nSPS) is 17.9. The lowest BCUT2D eigenvalue weighted by molar-refractivity contribution is 0.171. The highest BCUT2D eigenvalue weighted by molar-refractivity contribution is 7.09. The van der Waals surface area contributed by atoms with Gasteiger partial charge in [-0.2, -0.15) is 0 Å². The largest absolute Gasteiger partial charge is 0.385 e. The van der Waals surface area contributed by atoms with E-state index in [0.29, 0.717) is 5.41 Å². The van der Waals surface area contributed by atoms with Crippen molar-refractivity contribution in [3.63, 3.8) is 0 Å². The molecule has 0 unspecified atom stereocenters. The molecule has 0 spiro atoms. The Morgan fingerprint density at radius 3 is 3.07 bits per heavy atom. The lowest BCUT2D eigenvalue weighted by Gasteiger charge is -2.14. The molecular weight excluding hydrogens is 208 g/mol. The monoisotopic (exact) mass is 226 g/mol. The molecule has 4 heteroatoms. The zero-order chi connectivity index (χ0) is 10.6. The Morgan fingerprint density at radius 2 is 2.47 bits per heavy atom. The van der Waals surface area contributed by atoms with Crippen molar-refractivity contribution in [1.29, 1.82) is 0 Å². The summed E-state index contributed by atoms with van der Waals surface area (Å²) in [5.74, 6) is 0. The highest BCUT2D eigenvalue weighted by atomic mass is 32.1. The minimum absolute atomic E-state index is 0.542. The number of ether oxygens (including phenoxy) is 1. The van der Waals surface area contributed by atoms with Gasteiger partial charge >= 0.3 is 0 Å². The van der Waals surface area contributed by atoms with E-state index >= 15 is 0 Å². The molecule has 1 aliphatic carbocycles. The molecule has 0 bridgehead atoms. The maximum Gasteiger partial charge on any atom is 0.0794 e. The Labute approximate surface area is 94.9 Å². The van der Waals surface area contributed by atoms with E-state index in [1.165, 1.54) is 24.1 Å². The maximum absolute atomic E-state index is 5.13. The molecule has 0 aliphatic heterocycles. The third kappa shape index (κ3) is 3.26. The van der Waals surface area contributed by atoms with Crippen molar-refractivity contribution in [2.75, 3.05) is 20.3 Å². The van der Waals surface area contributed by atoms with Crippen LogP contribution in [0, 0.1) is 5.41 Å². The van der Waals surface area contributed by atoms with E-state index in [2.05, 4.69) is 10.3 Å². The third-order valence-corrected chi connectivity index (χ3v) is 3.86. The van der Waals surface area contributed by atoms with Gasteiger partial charge < -0.3 is 10.1 Å². The number of hydrogen-bond acceptors (Lipinski definition) is 4. The molecule has 3 nitrogen and oxygen atoms in total. The lowest BCUT2D eigenvalue weighted by Crippen LogP contribution is -2.24. The molecule has 1 fully saturated rings. The number of hydrogen-bond donors (Lipinski definition) is 1. The quantitative estimate of drug-likeness (QED) is 0.772. The van der Waals surface area contributed by atoms with Gasteiger partial charge in [0.05, 0.1) is 5.51 Å². The summed E-state index contributed by atoms with van der Waals surface area (Å²) in [6, 6.07) is 0. The van der Waals surface area contributed by atoms with Crippen LogP contribution in [-0.4, -0.2) is 25.2 Å². The van der Waals surface area contributed by atoms with E-state index in [0.717, 1.165) is 19.7 Å². The molecule has 1 aromatic rings. The average Bonchev–Trinajstić information content (AvgIpc) is 2.81. The number of thiazole rings is 1. The zero-order valence-corrected chi connectivity index (χ0v) is 9.98. The molecule has 0 aromatic carbocycles. The number of aromatic nitrogens is 1. The van der Waals surface area contributed by atoms with Crippen molar-refractivity contribution < 1.29 is 4.74 Å². The topological polar surface area (TPSA) is 34.1 Å². The Kier molecular flexibility index (Phi) is 3.72. The van der Waals surface area contributed by atoms with E-state index in [9.17, 15) is 0 Å². The van der Waals surface area contributed by atoms with Gasteiger partial charge in [0.15, 0.2) is 0 Å². The van der Waals surface area contributed by atoms with Gasteiger partial charge in [0.2, 0.25) is 0 Å². The van der Waals surface area contributed by atoms with Gasteiger partial charge in [-0.25, -0.2) is 0 Å². The molecule has 1 N–H and O–H groups in total. The van der Waals surface area contributed by atoms with Crippen LogP contribution in [0.3, 0.4) is 0 Å². The van der Waals surface area contributed by atoms with Gasteiger partial charge in [0.1, 0.15) is 0 Å². The van der Waals surface area contributed by atoms with Crippen LogP contribution in [0.15, 0.2) is 11.7 Å². The highest BCUT2D eigenvalue weighted by Gasteiger charge is 2.41. The van der Waals surface area contributed by atoms with Crippen LogP contribution in [0.5, 0.6) is 0 Å². The van der Waals surface area contributed by atoms with Gasteiger partial charge in [0, 0.05) is 37.9 Å². The first-order valence-corrected chi connectivity index (χ1v) is 6.30. The van der Waals surface area contributed by atoms with Gasteiger partial charge in [0.25, 0.3) is 0 Å². The predicted octanol–water partition coefficient (Wildman–Crippen LogP) is 2.05. The Balaban J connectivity index is 1.65. The summed E-state index contributed by atoms with van der Waals surface area (Å²) < 4.78 is 5.13. The SMILES string of the molecule is COCCC1(CNCc2cncs2)CC1. The molecule has 1 heterocycles. The summed E-state index contributed by atoms with van der Waals surface area (Å²) in [6.45, 7) is 2.97. The highest BCUT2D eigenvalue weighted by Crippen LogP contribution is 2.48. The minimum Gasteiger partial charge on any atom is -0.385 e. The number of methoxy groups -OCH3 is 1. The van der Waals surface area contributed by atoms with E-state index in [4.69, 9.17) is 4.74 Å². The fourth-order valence-electron chi connectivity index (χ4n) is 1.79. The molecule has 84 valence electrons. The minimum atomic E-state index is 0.542. The first-order chi connectivity index (χ1) is 7.35. The van der Waals surface area contributed by atoms with Gasteiger partial charge in [-0.15, -0.1) is 11.3 Å². The predicted molar refractivity (Wildman–Crippen MR) is 62.0 cm³/mol. The molecule has 1 aliphatic rings. The molecule has 0 amide bonds. The molecule has 15 heavy (non-hydrogen) atoms. The standard InChI is InChI=1S/C11H18N2OS/c1-14-5-4-11(2-3-11)8-12-6-10-7-13-9-15-10/h7,9,12H,2-6,8H2,1H3. The lowest BCUT2D eigenvalue weighted by atomic mass is 10.0. The van der Waals surface area contributed by atoms with E-state index in [1.807, 2.05) is 11.7 Å². The zero-order valence-electron chi connectivity index (χ0n) is 9.16.